The first-order valence-electron chi connectivity index (χ1n) is 7.23. The number of rotatable bonds is 6. The van der Waals surface area contributed by atoms with Crippen molar-refractivity contribution in [3.05, 3.63) is 5.89 Å². The Balaban J connectivity index is 1.52. The van der Waals surface area contributed by atoms with Crippen LogP contribution in [0.25, 0.3) is 0 Å². The molecule has 2 N–H and O–H groups in total. The molecule has 1 aromatic heterocycles. The molecule has 0 bridgehead atoms. The summed E-state index contributed by atoms with van der Waals surface area (Å²) >= 11 is 0. The highest BCUT2D eigenvalue weighted by atomic mass is 16.5. The fourth-order valence-corrected chi connectivity index (χ4v) is 3.21. The minimum absolute atomic E-state index is 0.164. The van der Waals surface area contributed by atoms with E-state index in [-0.39, 0.29) is 6.10 Å². The Morgan fingerprint density at radius 3 is 3.10 bits per heavy atom. The number of ether oxygens (including phenoxy) is 1. The van der Waals surface area contributed by atoms with Crippen molar-refractivity contribution < 1.29 is 14.3 Å². The quantitative estimate of drug-likeness (QED) is 0.711. The number of aromatic nitrogens is 2. The van der Waals surface area contributed by atoms with Crippen molar-refractivity contribution in [2.75, 3.05) is 38.3 Å². The van der Waals surface area contributed by atoms with Gasteiger partial charge in [0.25, 0.3) is 0 Å². The summed E-state index contributed by atoms with van der Waals surface area (Å²) in [6.45, 7) is 3.72. The van der Waals surface area contributed by atoms with Crippen LogP contribution >= 0.6 is 0 Å². The summed E-state index contributed by atoms with van der Waals surface area (Å²) in [5.41, 5.74) is 0. The van der Waals surface area contributed by atoms with E-state index in [1.54, 1.807) is 7.11 Å². The maximum absolute atomic E-state index is 9.92. The molecule has 20 heavy (non-hydrogen) atoms. The maximum atomic E-state index is 9.92. The Bertz CT molecular complexity index is 439. The van der Waals surface area contributed by atoms with Crippen molar-refractivity contribution in [2.45, 2.75) is 25.5 Å². The van der Waals surface area contributed by atoms with Crippen LogP contribution in [0.4, 0.5) is 6.01 Å². The molecule has 0 spiro atoms. The second-order valence-corrected chi connectivity index (χ2v) is 5.62. The Morgan fingerprint density at radius 1 is 1.40 bits per heavy atom. The average Bonchev–Trinajstić information content (AvgIpc) is 3.12. The summed E-state index contributed by atoms with van der Waals surface area (Å²) < 4.78 is 10.6. The Hall–Kier alpha value is -1.18. The van der Waals surface area contributed by atoms with Gasteiger partial charge in [-0.15, -0.1) is 5.10 Å². The van der Waals surface area contributed by atoms with Crippen LogP contribution in [0.3, 0.4) is 0 Å². The second-order valence-electron chi connectivity index (χ2n) is 5.62. The van der Waals surface area contributed by atoms with Gasteiger partial charge in [0.1, 0.15) is 0 Å². The van der Waals surface area contributed by atoms with Crippen LogP contribution in [0.15, 0.2) is 4.42 Å². The molecule has 2 heterocycles. The third-order valence-electron chi connectivity index (χ3n) is 4.30. The van der Waals surface area contributed by atoms with E-state index in [9.17, 15) is 5.11 Å². The molecule has 1 saturated carbocycles. The van der Waals surface area contributed by atoms with E-state index in [1.807, 2.05) is 0 Å². The van der Waals surface area contributed by atoms with Gasteiger partial charge in [-0.25, -0.2) is 0 Å². The maximum Gasteiger partial charge on any atom is 0.318 e. The molecule has 2 fully saturated rings. The predicted octanol–water partition coefficient (Wildman–Crippen LogP) is 0.0127. The first-order chi connectivity index (χ1) is 9.78. The molecule has 1 saturated heterocycles. The van der Waals surface area contributed by atoms with Crippen molar-refractivity contribution in [2.24, 2.45) is 11.8 Å². The van der Waals surface area contributed by atoms with Crippen LogP contribution < -0.4 is 10.2 Å². The Labute approximate surface area is 118 Å². The summed E-state index contributed by atoms with van der Waals surface area (Å²) in [5.74, 6) is 1.53. The lowest BCUT2D eigenvalue weighted by molar-refractivity contribution is 0.133. The second kappa shape index (κ2) is 6.07. The summed E-state index contributed by atoms with van der Waals surface area (Å²) in [5, 5.41) is 21.2. The smallest absolute Gasteiger partial charge is 0.318 e. The van der Waals surface area contributed by atoms with E-state index in [1.165, 1.54) is 0 Å². The number of hydrogen-bond acceptors (Lipinski definition) is 7. The third kappa shape index (κ3) is 2.79. The molecular weight excluding hydrogens is 260 g/mol. The first-order valence-corrected chi connectivity index (χ1v) is 7.23. The van der Waals surface area contributed by atoms with Gasteiger partial charge in [-0.1, -0.05) is 5.10 Å². The zero-order valence-electron chi connectivity index (χ0n) is 11.8. The number of nitrogens with zero attached hydrogens (tertiary/aromatic N) is 3. The largest absolute Gasteiger partial charge is 0.407 e. The topological polar surface area (TPSA) is 83.7 Å². The van der Waals surface area contributed by atoms with Crippen LogP contribution in [0.2, 0.25) is 0 Å². The first kappa shape index (κ1) is 13.8. The predicted molar refractivity (Wildman–Crippen MR) is 72.3 cm³/mol. The van der Waals surface area contributed by atoms with E-state index >= 15 is 0 Å². The van der Waals surface area contributed by atoms with Gasteiger partial charge in [0, 0.05) is 32.7 Å². The lowest BCUT2D eigenvalue weighted by Crippen LogP contribution is -2.24. The number of methoxy groups -OCH3 is 1. The highest BCUT2D eigenvalue weighted by Crippen LogP contribution is 2.39. The third-order valence-corrected chi connectivity index (χ3v) is 4.30. The van der Waals surface area contributed by atoms with Crippen LogP contribution in [0.5, 0.6) is 0 Å². The van der Waals surface area contributed by atoms with Gasteiger partial charge in [-0.2, -0.15) is 0 Å². The number of aliphatic hydroxyl groups is 1. The highest BCUT2D eigenvalue weighted by molar-refractivity contribution is 5.28. The van der Waals surface area contributed by atoms with E-state index in [0.29, 0.717) is 36.9 Å². The van der Waals surface area contributed by atoms with E-state index < -0.39 is 0 Å². The molecule has 3 atom stereocenters. The molecule has 3 unspecified atom stereocenters. The summed E-state index contributed by atoms with van der Waals surface area (Å²) in [6, 6.07) is 0.579. The van der Waals surface area contributed by atoms with Gasteiger partial charge >= 0.3 is 6.01 Å². The van der Waals surface area contributed by atoms with Gasteiger partial charge in [0.2, 0.25) is 5.89 Å². The van der Waals surface area contributed by atoms with Crippen LogP contribution in [-0.2, 0) is 11.3 Å². The molecule has 7 heteroatoms. The Morgan fingerprint density at radius 2 is 2.30 bits per heavy atom. The van der Waals surface area contributed by atoms with Crippen molar-refractivity contribution in [3.63, 3.8) is 0 Å². The lowest BCUT2D eigenvalue weighted by atomic mass is 10.00. The molecule has 3 rings (SSSR count). The SMILES string of the molecule is COCCNCc1nnc(N2CC3CCC(O)C3C2)o1. The molecular formula is C13H22N4O3. The zero-order chi connectivity index (χ0) is 13.9. The number of hydrogen-bond donors (Lipinski definition) is 2. The number of aliphatic hydroxyl groups excluding tert-OH is 1. The normalized spacial score (nSPS) is 29.1. The van der Waals surface area contributed by atoms with Gasteiger partial charge in [-0.05, 0) is 18.8 Å². The molecule has 0 radical (unpaired) electrons. The average molecular weight is 282 g/mol. The molecule has 2 aliphatic rings. The van der Waals surface area contributed by atoms with Gasteiger partial charge in [0.15, 0.2) is 0 Å². The van der Waals surface area contributed by atoms with Crippen molar-refractivity contribution in [1.82, 2.24) is 15.5 Å². The van der Waals surface area contributed by atoms with Gasteiger partial charge < -0.3 is 24.5 Å². The molecule has 0 amide bonds. The van der Waals surface area contributed by atoms with Crippen molar-refractivity contribution in [3.8, 4) is 0 Å². The van der Waals surface area contributed by atoms with Crippen LogP contribution in [-0.4, -0.2) is 54.8 Å². The molecule has 1 aromatic rings. The molecule has 0 aromatic carbocycles. The summed E-state index contributed by atoms with van der Waals surface area (Å²) in [4.78, 5) is 2.10. The number of fused-ring (bicyclic) bond motifs is 1. The molecule has 1 aliphatic carbocycles. The number of nitrogens with one attached hydrogen (secondary N) is 1. The van der Waals surface area contributed by atoms with Gasteiger partial charge in [0.05, 0.1) is 19.3 Å². The lowest BCUT2D eigenvalue weighted by Gasteiger charge is -2.15. The van der Waals surface area contributed by atoms with Crippen LogP contribution in [0, 0.1) is 11.8 Å². The molecule has 1 aliphatic heterocycles. The van der Waals surface area contributed by atoms with Crippen molar-refractivity contribution in [1.29, 1.82) is 0 Å². The standard InChI is InChI=1S/C13H22N4O3/c1-19-5-4-14-6-12-15-16-13(20-12)17-7-9-2-3-11(18)10(9)8-17/h9-11,14,18H,2-8H2,1H3. The minimum Gasteiger partial charge on any atom is -0.407 e. The highest BCUT2D eigenvalue weighted by Gasteiger charge is 2.43. The summed E-state index contributed by atoms with van der Waals surface area (Å²) in [6.07, 6.45) is 1.87. The fourth-order valence-electron chi connectivity index (χ4n) is 3.21. The zero-order valence-corrected chi connectivity index (χ0v) is 11.8. The minimum atomic E-state index is -0.164. The molecule has 112 valence electrons. The Kier molecular flexibility index (Phi) is 4.18. The monoisotopic (exact) mass is 282 g/mol. The summed E-state index contributed by atoms with van der Waals surface area (Å²) in [7, 11) is 1.67. The number of anilines is 1. The fraction of sp³-hybridized carbons (Fsp3) is 0.846. The van der Waals surface area contributed by atoms with E-state index in [2.05, 4.69) is 20.4 Å². The van der Waals surface area contributed by atoms with E-state index in [0.717, 1.165) is 32.5 Å². The van der Waals surface area contributed by atoms with Crippen molar-refractivity contribution >= 4 is 6.01 Å². The van der Waals surface area contributed by atoms with Crippen LogP contribution in [0.1, 0.15) is 18.7 Å². The van der Waals surface area contributed by atoms with E-state index in [4.69, 9.17) is 9.15 Å². The van der Waals surface area contributed by atoms with Gasteiger partial charge in [-0.3, -0.25) is 0 Å². The molecule has 7 nitrogen and oxygen atoms in total.